The average Bonchev–Trinajstić information content (AvgIpc) is 3.00. The van der Waals surface area contributed by atoms with E-state index in [-0.39, 0.29) is 0 Å². The fraction of sp³-hybridized carbons (Fsp3) is 1.00. The van der Waals surface area contributed by atoms with Crippen LogP contribution in [0.5, 0.6) is 0 Å². The van der Waals surface area contributed by atoms with Crippen LogP contribution in [0.3, 0.4) is 0 Å². The number of nitrogens with one attached hydrogen (secondary N) is 2. The quantitative estimate of drug-likeness (QED) is 0.693. The Hall–Kier alpha value is -0.120. The Morgan fingerprint density at radius 1 is 1.47 bits per heavy atom. The standard InChI is InChI=1S/C12H24N2O/c1-2-3-12(4-5-12)10-14-9-11-8-13-6-7-15-11/h11,13-14H,2-10H2,1H3. The summed E-state index contributed by atoms with van der Waals surface area (Å²) in [6.07, 6.45) is 5.96. The Morgan fingerprint density at radius 3 is 2.93 bits per heavy atom. The lowest BCUT2D eigenvalue weighted by atomic mass is 10.0. The first-order chi connectivity index (χ1) is 7.35. The van der Waals surface area contributed by atoms with Gasteiger partial charge in [-0.2, -0.15) is 0 Å². The molecule has 0 radical (unpaired) electrons. The van der Waals surface area contributed by atoms with E-state index in [1.54, 1.807) is 0 Å². The molecule has 1 unspecified atom stereocenters. The van der Waals surface area contributed by atoms with E-state index in [9.17, 15) is 0 Å². The fourth-order valence-electron chi connectivity index (χ4n) is 2.47. The smallest absolute Gasteiger partial charge is 0.0824 e. The zero-order valence-corrected chi connectivity index (χ0v) is 9.85. The lowest BCUT2D eigenvalue weighted by molar-refractivity contribution is 0.0285. The Labute approximate surface area is 93.0 Å². The molecular formula is C12H24N2O. The first-order valence-electron chi connectivity index (χ1n) is 6.38. The molecule has 1 saturated carbocycles. The van der Waals surface area contributed by atoms with Gasteiger partial charge in [0, 0.05) is 26.2 Å². The summed E-state index contributed by atoms with van der Waals surface area (Å²) >= 11 is 0. The number of hydrogen-bond acceptors (Lipinski definition) is 3. The van der Waals surface area contributed by atoms with Crippen LogP contribution < -0.4 is 10.6 Å². The normalized spacial score (nSPS) is 29.0. The van der Waals surface area contributed by atoms with Crippen molar-refractivity contribution in [1.29, 1.82) is 0 Å². The summed E-state index contributed by atoms with van der Waals surface area (Å²) in [6.45, 7) is 7.38. The molecule has 0 aromatic rings. The third-order valence-corrected chi connectivity index (χ3v) is 3.61. The number of ether oxygens (including phenoxy) is 1. The molecule has 2 fully saturated rings. The number of morpholine rings is 1. The van der Waals surface area contributed by atoms with Crippen molar-refractivity contribution in [3.05, 3.63) is 0 Å². The molecule has 88 valence electrons. The van der Waals surface area contributed by atoms with Crippen molar-refractivity contribution in [2.45, 2.75) is 38.7 Å². The van der Waals surface area contributed by atoms with Crippen LogP contribution in [0, 0.1) is 5.41 Å². The Morgan fingerprint density at radius 2 is 2.33 bits per heavy atom. The van der Waals surface area contributed by atoms with Crippen molar-refractivity contribution in [3.8, 4) is 0 Å². The Bertz CT molecular complexity index is 186. The van der Waals surface area contributed by atoms with Gasteiger partial charge in [0.15, 0.2) is 0 Å². The molecule has 2 aliphatic rings. The molecular weight excluding hydrogens is 188 g/mol. The monoisotopic (exact) mass is 212 g/mol. The van der Waals surface area contributed by atoms with Crippen molar-refractivity contribution in [1.82, 2.24) is 10.6 Å². The second-order valence-corrected chi connectivity index (χ2v) is 5.08. The van der Waals surface area contributed by atoms with Gasteiger partial charge < -0.3 is 15.4 Å². The summed E-state index contributed by atoms with van der Waals surface area (Å²) in [5.74, 6) is 0. The van der Waals surface area contributed by atoms with Gasteiger partial charge >= 0.3 is 0 Å². The van der Waals surface area contributed by atoms with E-state index in [4.69, 9.17) is 4.74 Å². The van der Waals surface area contributed by atoms with Crippen LogP contribution in [-0.2, 0) is 4.74 Å². The Balaban J connectivity index is 1.58. The molecule has 0 bridgehead atoms. The lowest BCUT2D eigenvalue weighted by Gasteiger charge is -2.25. The molecule has 2 rings (SSSR count). The molecule has 1 aliphatic carbocycles. The summed E-state index contributed by atoms with van der Waals surface area (Å²) in [5.41, 5.74) is 0.664. The van der Waals surface area contributed by atoms with E-state index >= 15 is 0 Å². The molecule has 0 spiro atoms. The highest BCUT2D eigenvalue weighted by Crippen LogP contribution is 2.48. The second-order valence-electron chi connectivity index (χ2n) is 5.08. The van der Waals surface area contributed by atoms with Crippen LogP contribution in [-0.4, -0.2) is 38.9 Å². The number of hydrogen-bond donors (Lipinski definition) is 2. The zero-order valence-electron chi connectivity index (χ0n) is 9.85. The highest BCUT2D eigenvalue weighted by Gasteiger charge is 2.40. The van der Waals surface area contributed by atoms with E-state index in [2.05, 4.69) is 17.6 Å². The van der Waals surface area contributed by atoms with Gasteiger partial charge in [-0.25, -0.2) is 0 Å². The molecule has 1 saturated heterocycles. The van der Waals surface area contributed by atoms with E-state index in [0.717, 1.165) is 26.2 Å². The van der Waals surface area contributed by atoms with Crippen molar-refractivity contribution < 1.29 is 4.74 Å². The van der Waals surface area contributed by atoms with Gasteiger partial charge in [-0.15, -0.1) is 0 Å². The molecule has 1 atom stereocenters. The molecule has 15 heavy (non-hydrogen) atoms. The summed E-state index contributed by atoms with van der Waals surface area (Å²) in [5, 5.41) is 6.94. The van der Waals surface area contributed by atoms with E-state index in [0.29, 0.717) is 11.5 Å². The van der Waals surface area contributed by atoms with Gasteiger partial charge in [0.1, 0.15) is 0 Å². The maximum Gasteiger partial charge on any atom is 0.0824 e. The van der Waals surface area contributed by atoms with Crippen LogP contribution in [0.1, 0.15) is 32.6 Å². The highest BCUT2D eigenvalue weighted by molar-refractivity contribution is 4.94. The van der Waals surface area contributed by atoms with Crippen LogP contribution in [0.25, 0.3) is 0 Å². The molecule has 0 aromatic carbocycles. The molecule has 3 nitrogen and oxygen atoms in total. The molecule has 3 heteroatoms. The first kappa shape index (κ1) is 11.4. The van der Waals surface area contributed by atoms with Gasteiger partial charge in [-0.05, 0) is 24.7 Å². The predicted octanol–water partition coefficient (Wildman–Crippen LogP) is 1.14. The van der Waals surface area contributed by atoms with E-state index in [1.807, 2.05) is 0 Å². The SMILES string of the molecule is CCCC1(CNCC2CNCCO2)CC1. The summed E-state index contributed by atoms with van der Waals surface area (Å²) in [6, 6.07) is 0. The summed E-state index contributed by atoms with van der Waals surface area (Å²) < 4.78 is 5.65. The van der Waals surface area contributed by atoms with Crippen LogP contribution in [0.2, 0.25) is 0 Å². The van der Waals surface area contributed by atoms with Crippen molar-refractivity contribution in [2.24, 2.45) is 5.41 Å². The largest absolute Gasteiger partial charge is 0.374 e. The average molecular weight is 212 g/mol. The van der Waals surface area contributed by atoms with Gasteiger partial charge in [-0.3, -0.25) is 0 Å². The summed E-state index contributed by atoms with van der Waals surface area (Å²) in [4.78, 5) is 0. The minimum atomic E-state index is 0.385. The molecule has 1 heterocycles. The van der Waals surface area contributed by atoms with Crippen LogP contribution in [0.15, 0.2) is 0 Å². The molecule has 2 N–H and O–H groups in total. The third kappa shape index (κ3) is 3.44. The van der Waals surface area contributed by atoms with Crippen LogP contribution >= 0.6 is 0 Å². The highest BCUT2D eigenvalue weighted by atomic mass is 16.5. The van der Waals surface area contributed by atoms with Gasteiger partial charge in [0.25, 0.3) is 0 Å². The van der Waals surface area contributed by atoms with Gasteiger partial charge in [-0.1, -0.05) is 13.3 Å². The second kappa shape index (κ2) is 5.28. The minimum Gasteiger partial charge on any atom is -0.374 e. The third-order valence-electron chi connectivity index (χ3n) is 3.61. The molecule has 0 amide bonds. The van der Waals surface area contributed by atoms with Crippen molar-refractivity contribution in [3.63, 3.8) is 0 Å². The van der Waals surface area contributed by atoms with E-state index < -0.39 is 0 Å². The minimum absolute atomic E-state index is 0.385. The van der Waals surface area contributed by atoms with Crippen molar-refractivity contribution >= 4 is 0 Å². The maximum absolute atomic E-state index is 5.65. The molecule has 0 aromatic heterocycles. The first-order valence-corrected chi connectivity index (χ1v) is 6.38. The van der Waals surface area contributed by atoms with Gasteiger partial charge in [0.05, 0.1) is 12.7 Å². The number of rotatable bonds is 6. The van der Waals surface area contributed by atoms with Crippen molar-refractivity contribution in [2.75, 3.05) is 32.8 Å². The van der Waals surface area contributed by atoms with Gasteiger partial charge in [0.2, 0.25) is 0 Å². The fourth-order valence-corrected chi connectivity index (χ4v) is 2.47. The lowest BCUT2D eigenvalue weighted by Crippen LogP contribution is -2.44. The predicted molar refractivity (Wildman–Crippen MR) is 62.1 cm³/mol. The summed E-state index contributed by atoms with van der Waals surface area (Å²) in [7, 11) is 0. The molecule has 1 aliphatic heterocycles. The maximum atomic E-state index is 5.65. The van der Waals surface area contributed by atoms with Crippen LogP contribution in [0.4, 0.5) is 0 Å². The topological polar surface area (TPSA) is 33.3 Å². The zero-order chi connectivity index (χ0) is 10.6. The Kier molecular flexibility index (Phi) is 4.00. The van der Waals surface area contributed by atoms with E-state index in [1.165, 1.54) is 32.2 Å².